The Morgan fingerprint density at radius 3 is 2.47 bits per heavy atom. The molecule has 2 atom stereocenters. The average molecular weight is 319 g/mol. The Balaban J connectivity index is 2.59. The van der Waals surface area contributed by atoms with Gasteiger partial charge in [-0.3, -0.25) is 0 Å². The van der Waals surface area contributed by atoms with Crippen LogP contribution in [0.25, 0.3) is 0 Å². The Morgan fingerprint density at radius 2 is 1.93 bits per heavy atom. The summed E-state index contributed by atoms with van der Waals surface area (Å²) in [5, 5.41) is 9.84. The first-order valence-electron chi connectivity index (χ1n) is 5.34. The smallest absolute Gasteiger partial charge is 0.0732 e. The van der Waals surface area contributed by atoms with Crippen LogP contribution in [0, 0.1) is 3.57 Å². The highest BCUT2D eigenvalue weighted by Gasteiger charge is 2.15. The normalized spacial score (nSPS) is 14.9. The second kappa shape index (κ2) is 6.45. The lowest BCUT2D eigenvalue weighted by molar-refractivity contribution is 0.132. The van der Waals surface area contributed by atoms with Crippen LogP contribution in [0.15, 0.2) is 24.3 Å². The van der Waals surface area contributed by atoms with Crippen LogP contribution < -0.4 is 5.73 Å². The molecule has 0 unspecified atom stereocenters. The van der Waals surface area contributed by atoms with E-state index in [1.165, 1.54) is 3.57 Å². The molecule has 0 radical (unpaired) electrons. The van der Waals surface area contributed by atoms with Gasteiger partial charge in [-0.05, 0) is 46.7 Å². The first-order chi connectivity index (χ1) is 7.15. The van der Waals surface area contributed by atoms with E-state index in [1.807, 2.05) is 24.3 Å². The maximum absolute atomic E-state index is 9.84. The first-order valence-corrected chi connectivity index (χ1v) is 6.42. The molecule has 0 aliphatic rings. The fourth-order valence-corrected chi connectivity index (χ4v) is 1.86. The van der Waals surface area contributed by atoms with Crippen LogP contribution >= 0.6 is 22.6 Å². The number of halogens is 1. The second-order valence-electron chi connectivity index (χ2n) is 3.79. The number of aliphatic hydroxyl groups excluding tert-OH is 1. The fourth-order valence-electron chi connectivity index (χ4n) is 1.50. The maximum Gasteiger partial charge on any atom is 0.0732 e. The number of hydrogen-bond acceptors (Lipinski definition) is 2. The van der Waals surface area contributed by atoms with Gasteiger partial charge in [-0.1, -0.05) is 31.9 Å². The van der Waals surface area contributed by atoms with Gasteiger partial charge in [0.25, 0.3) is 0 Å². The molecule has 0 amide bonds. The highest BCUT2D eigenvalue weighted by Crippen LogP contribution is 2.19. The van der Waals surface area contributed by atoms with Gasteiger partial charge in [-0.15, -0.1) is 0 Å². The number of unbranched alkanes of at least 4 members (excludes halogenated alkanes) is 1. The minimum absolute atomic E-state index is 0.256. The topological polar surface area (TPSA) is 46.2 Å². The predicted molar refractivity (Wildman–Crippen MR) is 71.6 cm³/mol. The SMILES string of the molecule is CCCC[C@H](O)[C@H](N)c1ccc(I)cc1. The highest BCUT2D eigenvalue weighted by molar-refractivity contribution is 14.1. The number of rotatable bonds is 5. The van der Waals surface area contributed by atoms with Gasteiger partial charge < -0.3 is 10.8 Å². The molecule has 0 aliphatic heterocycles. The lowest BCUT2D eigenvalue weighted by Crippen LogP contribution is -2.26. The molecule has 3 heteroatoms. The van der Waals surface area contributed by atoms with Gasteiger partial charge in [-0.25, -0.2) is 0 Å². The van der Waals surface area contributed by atoms with Gasteiger partial charge in [0.1, 0.15) is 0 Å². The molecule has 1 aromatic rings. The Kier molecular flexibility index (Phi) is 5.56. The van der Waals surface area contributed by atoms with Crippen LogP contribution in [0.1, 0.15) is 37.8 Å². The molecule has 0 aromatic heterocycles. The third kappa shape index (κ3) is 4.09. The van der Waals surface area contributed by atoms with Crippen molar-refractivity contribution in [1.82, 2.24) is 0 Å². The van der Waals surface area contributed by atoms with Crippen molar-refractivity contribution in [2.45, 2.75) is 38.3 Å². The minimum atomic E-state index is -0.426. The molecule has 3 N–H and O–H groups in total. The molecule has 0 aliphatic carbocycles. The van der Waals surface area contributed by atoms with E-state index in [9.17, 15) is 5.11 Å². The molecule has 0 saturated carbocycles. The van der Waals surface area contributed by atoms with Gasteiger partial charge in [0.05, 0.1) is 12.1 Å². The monoisotopic (exact) mass is 319 g/mol. The molecule has 1 aromatic carbocycles. The first kappa shape index (κ1) is 12.9. The quantitative estimate of drug-likeness (QED) is 0.820. The van der Waals surface area contributed by atoms with Crippen LogP contribution in [-0.2, 0) is 0 Å². The van der Waals surface area contributed by atoms with Crippen LogP contribution in [0.4, 0.5) is 0 Å². The van der Waals surface area contributed by atoms with Gasteiger partial charge in [0.2, 0.25) is 0 Å². The summed E-state index contributed by atoms with van der Waals surface area (Å²) in [5.74, 6) is 0. The largest absolute Gasteiger partial charge is 0.391 e. The van der Waals surface area contributed by atoms with Crippen molar-refractivity contribution in [3.8, 4) is 0 Å². The predicted octanol–water partition coefficient (Wildman–Crippen LogP) is 2.84. The molecule has 84 valence electrons. The van der Waals surface area contributed by atoms with Crippen LogP contribution in [0.3, 0.4) is 0 Å². The van der Waals surface area contributed by atoms with Crippen molar-refractivity contribution in [2.24, 2.45) is 5.73 Å². The van der Waals surface area contributed by atoms with E-state index in [0.717, 1.165) is 24.8 Å². The molecule has 0 fully saturated rings. The molecule has 0 heterocycles. The van der Waals surface area contributed by atoms with Gasteiger partial charge in [-0.2, -0.15) is 0 Å². The number of nitrogens with two attached hydrogens (primary N) is 1. The Morgan fingerprint density at radius 1 is 1.33 bits per heavy atom. The highest BCUT2D eigenvalue weighted by atomic mass is 127. The second-order valence-corrected chi connectivity index (χ2v) is 5.03. The van der Waals surface area contributed by atoms with Crippen molar-refractivity contribution >= 4 is 22.6 Å². The van der Waals surface area contributed by atoms with E-state index >= 15 is 0 Å². The third-order valence-electron chi connectivity index (χ3n) is 2.52. The summed E-state index contributed by atoms with van der Waals surface area (Å²) in [6.07, 6.45) is 2.48. The molecule has 0 spiro atoms. The number of aliphatic hydroxyl groups is 1. The molecular weight excluding hydrogens is 301 g/mol. The van der Waals surface area contributed by atoms with Crippen molar-refractivity contribution in [2.75, 3.05) is 0 Å². The molecule has 1 rings (SSSR count). The summed E-state index contributed by atoms with van der Waals surface area (Å²) in [6.45, 7) is 2.11. The van der Waals surface area contributed by atoms with E-state index in [1.54, 1.807) is 0 Å². The van der Waals surface area contributed by atoms with E-state index in [-0.39, 0.29) is 6.04 Å². The summed E-state index contributed by atoms with van der Waals surface area (Å²) in [5.41, 5.74) is 6.99. The van der Waals surface area contributed by atoms with Crippen LogP contribution in [0.5, 0.6) is 0 Å². The standard InChI is InChI=1S/C12H18INO/c1-2-3-4-11(15)12(14)9-5-7-10(13)8-6-9/h5-8,11-12,15H,2-4,14H2,1H3/t11-,12+/m0/s1. The van der Waals surface area contributed by atoms with Gasteiger partial charge in [0.15, 0.2) is 0 Å². The Labute approximate surface area is 105 Å². The summed E-state index contributed by atoms with van der Waals surface area (Å²) in [7, 11) is 0. The average Bonchev–Trinajstić information content (AvgIpc) is 2.26. The minimum Gasteiger partial charge on any atom is -0.391 e. The van der Waals surface area contributed by atoms with E-state index in [0.29, 0.717) is 0 Å². The Hall–Kier alpha value is -0.130. The van der Waals surface area contributed by atoms with Crippen LogP contribution in [-0.4, -0.2) is 11.2 Å². The number of hydrogen-bond donors (Lipinski definition) is 2. The van der Waals surface area contributed by atoms with Crippen molar-refractivity contribution in [1.29, 1.82) is 0 Å². The zero-order valence-corrected chi connectivity index (χ0v) is 11.1. The van der Waals surface area contributed by atoms with E-state index in [4.69, 9.17) is 5.73 Å². The zero-order chi connectivity index (χ0) is 11.3. The summed E-state index contributed by atoms with van der Waals surface area (Å²) in [6, 6.07) is 7.75. The number of benzene rings is 1. The summed E-state index contributed by atoms with van der Waals surface area (Å²) in [4.78, 5) is 0. The van der Waals surface area contributed by atoms with Crippen LogP contribution in [0.2, 0.25) is 0 Å². The Bertz CT molecular complexity index is 286. The molecule has 0 saturated heterocycles. The lowest BCUT2D eigenvalue weighted by Gasteiger charge is -2.18. The molecular formula is C12H18INO. The van der Waals surface area contributed by atoms with Crippen molar-refractivity contribution in [3.05, 3.63) is 33.4 Å². The molecule has 0 bridgehead atoms. The van der Waals surface area contributed by atoms with Crippen molar-refractivity contribution in [3.63, 3.8) is 0 Å². The van der Waals surface area contributed by atoms with E-state index in [2.05, 4.69) is 29.5 Å². The van der Waals surface area contributed by atoms with Crippen molar-refractivity contribution < 1.29 is 5.11 Å². The van der Waals surface area contributed by atoms with E-state index < -0.39 is 6.10 Å². The molecule has 15 heavy (non-hydrogen) atoms. The fraction of sp³-hybridized carbons (Fsp3) is 0.500. The maximum atomic E-state index is 9.84. The summed E-state index contributed by atoms with van der Waals surface area (Å²) >= 11 is 2.26. The summed E-state index contributed by atoms with van der Waals surface area (Å²) < 4.78 is 1.19. The third-order valence-corrected chi connectivity index (χ3v) is 3.24. The lowest BCUT2D eigenvalue weighted by atomic mass is 9.99. The zero-order valence-electron chi connectivity index (χ0n) is 8.99. The van der Waals surface area contributed by atoms with Gasteiger partial charge >= 0.3 is 0 Å². The van der Waals surface area contributed by atoms with Gasteiger partial charge in [0, 0.05) is 3.57 Å². The molecule has 2 nitrogen and oxygen atoms in total.